The van der Waals surface area contributed by atoms with Crippen LogP contribution in [-0.4, -0.2) is 39.3 Å². The molecule has 0 aliphatic rings. The van der Waals surface area contributed by atoms with E-state index in [9.17, 15) is 10.2 Å². The molecule has 114 valence electrons. The Morgan fingerprint density at radius 1 is 1.00 bits per heavy atom. The van der Waals surface area contributed by atoms with E-state index in [1.807, 2.05) is 12.1 Å². The molecular weight excluding hydrogens is 308 g/mol. The van der Waals surface area contributed by atoms with E-state index in [2.05, 4.69) is 31.8 Å². The summed E-state index contributed by atoms with van der Waals surface area (Å²) in [5.74, 6) is 0.519. The minimum atomic E-state index is -2.44. The Kier molecular flexibility index (Phi) is 6.90. The van der Waals surface area contributed by atoms with Gasteiger partial charge in [0.2, 0.25) is 8.32 Å². The number of hydrogen-bond acceptors (Lipinski definition) is 3. The lowest BCUT2D eigenvalue weighted by molar-refractivity contribution is 0.281. The van der Waals surface area contributed by atoms with Crippen molar-refractivity contribution in [3.05, 3.63) is 35.4 Å². The van der Waals surface area contributed by atoms with E-state index < -0.39 is 16.6 Å². The van der Waals surface area contributed by atoms with E-state index in [0.29, 0.717) is 5.88 Å². The minimum absolute atomic E-state index is 0.0203. The molecule has 0 fully saturated rings. The van der Waals surface area contributed by atoms with Gasteiger partial charge in [0.25, 0.3) is 0 Å². The highest BCUT2D eigenvalue weighted by molar-refractivity contribution is 6.85. The zero-order chi connectivity index (χ0) is 15.2. The fraction of sp³-hybridized carbons (Fsp3) is 0.571. The third kappa shape index (κ3) is 5.67. The van der Waals surface area contributed by atoms with Crippen LogP contribution in [0.4, 0.5) is 0 Å². The molecule has 0 amide bonds. The average Bonchev–Trinajstić information content (AvgIpc) is 2.43. The molecule has 0 aromatic heterocycles. The molecule has 20 heavy (non-hydrogen) atoms. The summed E-state index contributed by atoms with van der Waals surface area (Å²) in [5, 5.41) is 19.4. The fourth-order valence-corrected chi connectivity index (χ4v) is 9.60. The fourth-order valence-electron chi connectivity index (χ4n) is 2.14. The number of alkyl halides is 1. The third-order valence-corrected chi connectivity index (χ3v) is 9.95. The molecule has 0 spiro atoms. The lowest BCUT2D eigenvalue weighted by Gasteiger charge is -2.34. The number of aliphatic hydroxyl groups is 2. The van der Waals surface area contributed by atoms with Gasteiger partial charge in [-0.25, -0.2) is 0 Å². The van der Waals surface area contributed by atoms with Gasteiger partial charge in [0.15, 0.2) is 8.32 Å². The molecule has 0 radical (unpaired) electrons. The molecule has 0 aliphatic heterocycles. The van der Waals surface area contributed by atoms with E-state index >= 15 is 0 Å². The summed E-state index contributed by atoms with van der Waals surface area (Å²) in [6.45, 7) is 6.28. The summed E-state index contributed by atoms with van der Waals surface area (Å²) in [4.78, 5) is 0. The summed E-state index contributed by atoms with van der Waals surface area (Å²) in [7, 11) is -4.20. The lowest BCUT2D eigenvalue weighted by Crippen LogP contribution is -2.54. The SMILES string of the molecule is C[Si](C)(C)O[Si](CO)(CO)CCc1ccc(CCl)cc1. The molecule has 3 nitrogen and oxygen atoms in total. The topological polar surface area (TPSA) is 49.7 Å². The summed E-state index contributed by atoms with van der Waals surface area (Å²) in [5.41, 5.74) is 2.29. The van der Waals surface area contributed by atoms with E-state index in [0.717, 1.165) is 18.0 Å². The van der Waals surface area contributed by atoms with Crippen molar-refractivity contribution >= 4 is 28.2 Å². The first-order chi connectivity index (χ1) is 9.34. The number of hydrogen-bond donors (Lipinski definition) is 2. The number of halogens is 1. The quantitative estimate of drug-likeness (QED) is 0.568. The van der Waals surface area contributed by atoms with Crippen LogP contribution in [0.3, 0.4) is 0 Å². The highest BCUT2D eigenvalue weighted by Gasteiger charge is 2.37. The van der Waals surface area contributed by atoms with Crippen molar-refractivity contribution in [2.24, 2.45) is 0 Å². The Hall–Kier alpha value is -0.176. The maximum Gasteiger partial charge on any atom is 0.231 e. The van der Waals surface area contributed by atoms with E-state index in [-0.39, 0.29) is 12.5 Å². The van der Waals surface area contributed by atoms with Crippen molar-refractivity contribution in [3.63, 3.8) is 0 Å². The van der Waals surface area contributed by atoms with Crippen LogP contribution in [0.25, 0.3) is 0 Å². The van der Waals surface area contributed by atoms with Gasteiger partial charge in [-0.3, -0.25) is 0 Å². The molecule has 1 rings (SSSR count). The Morgan fingerprint density at radius 2 is 1.50 bits per heavy atom. The van der Waals surface area contributed by atoms with Crippen LogP contribution in [0.15, 0.2) is 24.3 Å². The average molecular weight is 333 g/mol. The molecule has 6 heteroatoms. The van der Waals surface area contributed by atoms with Crippen molar-refractivity contribution in [2.75, 3.05) is 12.5 Å². The zero-order valence-corrected chi connectivity index (χ0v) is 15.3. The molecule has 0 saturated carbocycles. The van der Waals surface area contributed by atoms with Crippen LogP contribution in [0.1, 0.15) is 11.1 Å². The normalized spacial score (nSPS) is 12.7. The molecule has 0 saturated heterocycles. The molecule has 0 heterocycles. The second-order valence-corrected chi connectivity index (χ2v) is 15.0. The lowest BCUT2D eigenvalue weighted by atomic mass is 10.1. The van der Waals surface area contributed by atoms with Gasteiger partial charge >= 0.3 is 0 Å². The monoisotopic (exact) mass is 332 g/mol. The zero-order valence-electron chi connectivity index (χ0n) is 12.5. The first-order valence-electron chi connectivity index (χ1n) is 6.90. The predicted octanol–water partition coefficient (Wildman–Crippen LogP) is 2.83. The highest BCUT2D eigenvalue weighted by atomic mass is 35.5. The number of aliphatic hydroxyl groups excluding tert-OH is 2. The van der Waals surface area contributed by atoms with Crippen LogP contribution < -0.4 is 0 Å². The summed E-state index contributed by atoms with van der Waals surface area (Å²) in [6.07, 6.45) is 0.779. The van der Waals surface area contributed by atoms with Crippen LogP contribution in [0, 0.1) is 0 Å². The molecule has 0 bridgehead atoms. The largest absolute Gasteiger partial charge is 0.453 e. The van der Waals surface area contributed by atoms with Gasteiger partial charge in [0, 0.05) is 5.88 Å². The van der Waals surface area contributed by atoms with E-state index in [4.69, 9.17) is 15.7 Å². The standard InChI is InChI=1S/C14H25ClO3Si2/c1-19(2,3)18-20(11-16,12-17)9-8-13-4-6-14(10-15)7-5-13/h4-7,16-17H,8-12H2,1-3H3. The Balaban J connectivity index is 2.70. The van der Waals surface area contributed by atoms with E-state index in [1.54, 1.807) is 0 Å². The van der Waals surface area contributed by atoms with Gasteiger partial charge in [0.05, 0.1) is 12.5 Å². The number of benzene rings is 1. The van der Waals surface area contributed by atoms with Crippen LogP contribution in [-0.2, 0) is 16.4 Å². The minimum Gasteiger partial charge on any atom is -0.453 e. The van der Waals surface area contributed by atoms with Crippen molar-refractivity contribution < 1.29 is 14.3 Å². The maximum atomic E-state index is 9.68. The second-order valence-electron chi connectivity index (χ2n) is 6.16. The number of rotatable bonds is 8. The highest BCUT2D eigenvalue weighted by Crippen LogP contribution is 2.20. The van der Waals surface area contributed by atoms with Gasteiger partial charge in [-0.1, -0.05) is 24.3 Å². The third-order valence-electron chi connectivity index (χ3n) is 3.15. The van der Waals surface area contributed by atoms with E-state index in [1.165, 1.54) is 5.56 Å². The summed E-state index contributed by atoms with van der Waals surface area (Å²) < 4.78 is 6.15. The summed E-state index contributed by atoms with van der Waals surface area (Å²) >= 11 is 5.77. The second kappa shape index (κ2) is 7.72. The maximum absolute atomic E-state index is 9.68. The van der Waals surface area contributed by atoms with Crippen molar-refractivity contribution in [1.82, 2.24) is 0 Å². The van der Waals surface area contributed by atoms with Crippen molar-refractivity contribution in [1.29, 1.82) is 0 Å². The smallest absolute Gasteiger partial charge is 0.231 e. The van der Waals surface area contributed by atoms with Crippen LogP contribution in [0.5, 0.6) is 0 Å². The molecule has 2 N–H and O–H groups in total. The van der Waals surface area contributed by atoms with Gasteiger partial charge < -0.3 is 14.3 Å². The molecule has 0 atom stereocenters. The molecule has 1 aromatic carbocycles. The Bertz CT molecular complexity index is 400. The van der Waals surface area contributed by atoms with Crippen LogP contribution in [0.2, 0.25) is 25.7 Å². The predicted molar refractivity (Wildman–Crippen MR) is 88.9 cm³/mol. The van der Waals surface area contributed by atoms with Crippen molar-refractivity contribution in [3.8, 4) is 0 Å². The number of aryl methyl sites for hydroxylation is 1. The van der Waals surface area contributed by atoms with Crippen LogP contribution >= 0.6 is 11.6 Å². The molecular formula is C14H25ClO3Si2. The van der Waals surface area contributed by atoms with Gasteiger partial charge in [-0.2, -0.15) is 0 Å². The molecule has 0 aliphatic carbocycles. The first-order valence-corrected chi connectivity index (χ1v) is 13.4. The first kappa shape index (κ1) is 17.9. The van der Waals surface area contributed by atoms with Gasteiger partial charge in [-0.05, 0) is 43.2 Å². The Morgan fingerprint density at radius 3 is 1.90 bits per heavy atom. The Labute approximate surface area is 128 Å². The molecule has 0 unspecified atom stereocenters. The summed E-state index contributed by atoms with van der Waals surface area (Å²) in [6, 6.07) is 8.89. The van der Waals surface area contributed by atoms with Gasteiger partial charge in [0.1, 0.15) is 0 Å². The molecule has 1 aromatic rings. The van der Waals surface area contributed by atoms with Gasteiger partial charge in [-0.15, -0.1) is 11.6 Å². The van der Waals surface area contributed by atoms with Crippen molar-refractivity contribution in [2.45, 2.75) is 38.0 Å².